The highest BCUT2D eigenvalue weighted by molar-refractivity contribution is 9.11. The van der Waals surface area contributed by atoms with Crippen LogP contribution in [0.1, 0.15) is 30.5 Å². The maximum atomic E-state index is 12.2. The highest BCUT2D eigenvalue weighted by Crippen LogP contribution is 2.31. The van der Waals surface area contributed by atoms with E-state index in [-0.39, 0.29) is 5.91 Å². The number of esters is 1. The van der Waals surface area contributed by atoms with Crippen LogP contribution in [0.5, 0.6) is 0 Å². The van der Waals surface area contributed by atoms with Crippen molar-refractivity contribution in [3.8, 4) is 0 Å². The lowest BCUT2D eigenvalue weighted by atomic mass is 10.2. The molecule has 0 aromatic carbocycles. The summed E-state index contributed by atoms with van der Waals surface area (Å²) in [5.74, 6) is -0.669. The molecule has 4 nitrogen and oxygen atoms in total. The van der Waals surface area contributed by atoms with Gasteiger partial charge in [0, 0.05) is 0 Å². The van der Waals surface area contributed by atoms with Gasteiger partial charge in [0.15, 0.2) is 0 Å². The first-order valence-electron chi connectivity index (χ1n) is 5.67. The van der Waals surface area contributed by atoms with E-state index < -0.39 is 5.97 Å². The lowest BCUT2D eigenvalue weighted by molar-refractivity contribution is 0.0607. The smallest absolute Gasteiger partial charge is 0.350 e. The van der Waals surface area contributed by atoms with Gasteiger partial charge in [0.1, 0.15) is 4.88 Å². The molecule has 7 heteroatoms. The molecular weight excluding hydrogens is 362 g/mol. The van der Waals surface area contributed by atoms with Gasteiger partial charge < -0.3 is 10.1 Å². The zero-order valence-corrected chi connectivity index (χ0v) is 14.3. The topological polar surface area (TPSA) is 55.4 Å². The number of carbonyl (C=O) groups excluding carboxylic acids is 2. The fraction of sp³-hybridized carbons (Fsp3) is 0.231. The number of aryl methyl sites for hydroxylation is 2. The van der Waals surface area contributed by atoms with E-state index in [0.29, 0.717) is 15.4 Å². The van der Waals surface area contributed by atoms with E-state index in [9.17, 15) is 9.59 Å². The summed E-state index contributed by atoms with van der Waals surface area (Å²) in [6, 6.07) is 1.81. The van der Waals surface area contributed by atoms with Crippen LogP contribution in [0.3, 0.4) is 0 Å². The van der Waals surface area contributed by atoms with Gasteiger partial charge in [-0.1, -0.05) is 0 Å². The van der Waals surface area contributed by atoms with Crippen LogP contribution in [0.2, 0.25) is 0 Å². The predicted molar refractivity (Wildman–Crippen MR) is 85.1 cm³/mol. The number of rotatable bonds is 3. The third-order valence-corrected chi connectivity index (χ3v) is 5.88. The lowest BCUT2D eigenvalue weighted by Gasteiger charge is -2.05. The molecule has 1 amide bonds. The Hall–Kier alpha value is -1.18. The summed E-state index contributed by atoms with van der Waals surface area (Å²) < 4.78 is 5.64. The molecular formula is C13H12BrNO3S2. The number of anilines is 1. The second kappa shape index (κ2) is 6.07. The van der Waals surface area contributed by atoms with Crippen LogP contribution in [0.15, 0.2) is 15.2 Å². The fourth-order valence-electron chi connectivity index (χ4n) is 1.59. The van der Waals surface area contributed by atoms with Crippen LogP contribution in [0.4, 0.5) is 5.69 Å². The monoisotopic (exact) mass is 373 g/mol. The van der Waals surface area contributed by atoms with Crippen molar-refractivity contribution in [3.63, 3.8) is 0 Å². The second-order valence-corrected chi connectivity index (χ2v) is 7.39. The molecule has 1 N–H and O–H groups in total. The quantitative estimate of drug-likeness (QED) is 0.819. The standard InChI is InChI=1S/C13H12BrNO3S2/c1-6-4-8(20-11(6)14)12(16)15-9-7(2)5-19-10(9)13(17)18-3/h4-5H,1-3H3,(H,15,16). The number of amides is 1. The van der Waals surface area contributed by atoms with Crippen molar-refractivity contribution in [2.45, 2.75) is 13.8 Å². The fourth-order valence-corrected chi connectivity index (χ4v) is 3.94. The number of thiophene rings is 2. The molecule has 2 aromatic heterocycles. The number of hydrogen-bond donors (Lipinski definition) is 1. The number of hydrogen-bond acceptors (Lipinski definition) is 5. The number of methoxy groups -OCH3 is 1. The Bertz CT molecular complexity index is 656. The average Bonchev–Trinajstić information content (AvgIpc) is 2.94. The Kier molecular flexibility index (Phi) is 4.62. The van der Waals surface area contributed by atoms with Gasteiger partial charge in [-0.15, -0.1) is 22.7 Å². The molecule has 0 aliphatic carbocycles. The molecule has 0 radical (unpaired) electrons. The molecule has 0 saturated heterocycles. The van der Waals surface area contributed by atoms with Gasteiger partial charge in [0.05, 0.1) is 21.5 Å². The van der Waals surface area contributed by atoms with Crippen molar-refractivity contribution in [2.75, 3.05) is 12.4 Å². The largest absolute Gasteiger partial charge is 0.465 e. The van der Waals surface area contributed by atoms with Crippen LogP contribution >= 0.6 is 38.6 Å². The Labute approximate surface area is 132 Å². The van der Waals surface area contributed by atoms with E-state index in [1.807, 2.05) is 25.3 Å². The van der Waals surface area contributed by atoms with Gasteiger partial charge in [0.2, 0.25) is 0 Å². The van der Waals surface area contributed by atoms with Crippen molar-refractivity contribution in [1.29, 1.82) is 0 Å². The Morgan fingerprint density at radius 1 is 1.30 bits per heavy atom. The number of ether oxygens (including phenoxy) is 1. The summed E-state index contributed by atoms with van der Waals surface area (Å²) in [5, 5.41) is 4.61. The minimum absolute atomic E-state index is 0.226. The highest BCUT2D eigenvalue weighted by atomic mass is 79.9. The maximum Gasteiger partial charge on any atom is 0.350 e. The van der Waals surface area contributed by atoms with Crippen LogP contribution in [0.25, 0.3) is 0 Å². The molecule has 0 fully saturated rings. The van der Waals surface area contributed by atoms with Crippen molar-refractivity contribution in [3.05, 3.63) is 36.1 Å². The molecule has 20 heavy (non-hydrogen) atoms. The molecule has 2 rings (SSSR count). The lowest BCUT2D eigenvalue weighted by Crippen LogP contribution is -2.13. The van der Waals surface area contributed by atoms with Crippen molar-refractivity contribution >= 4 is 56.2 Å². The summed E-state index contributed by atoms with van der Waals surface area (Å²) in [5.41, 5.74) is 2.38. The average molecular weight is 374 g/mol. The van der Waals surface area contributed by atoms with E-state index >= 15 is 0 Å². The Morgan fingerprint density at radius 2 is 2.00 bits per heavy atom. The molecule has 0 aliphatic heterocycles. The van der Waals surface area contributed by atoms with Crippen LogP contribution in [-0.4, -0.2) is 19.0 Å². The van der Waals surface area contributed by atoms with Gasteiger partial charge in [-0.05, 0) is 52.4 Å². The number of carbonyl (C=O) groups is 2. The molecule has 0 aliphatic rings. The summed E-state index contributed by atoms with van der Waals surface area (Å²) in [7, 11) is 1.32. The highest BCUT2D eigenvalue weighted by Gasteiger charge is 2.20. The van der Waals surface area contributed by atoms with E-state index in [1.165, 1.54) is 29.8 Å². The molecule has 106 valence electrons. The second-order valence-electron chi connectivity index (χ2n) is 4.14. The normalized spacial score (nSPS) is 10.4. The third-order valence-electron chi connectivity index (χ3n) is 2.67. The Morgan fingerprint density at radius 3 is 2.55 bits per heavy atom. The van der Waals surface area contributed by atoms with E-state index in [1.54, 1.807) is 0 Å². The predicted octanol–water partition coefficient (Wildman–Crippen LogP) is 4.23. The van der Waals surface area contributed by atoms with Gasteiger partial charge in [0.25, 0.3) is 5.91 Å². The first kappa shape index (κ1) is 15.2. The molecule has 0 saturated carbocycles. The maximum absolute atomic E-state index is 12.2. The van der Waals surface area contributed by atoms with Crippen LogP contribution < -0.4 is 5.32 Å². The molecule has 2 heterocycles. The molecule has 0 unspecified atom stereocenters. The van der Waals surface area contributed by atoms with Gasteiger partial charge >= 0.3 is 5.97 Å². The van der Waals surface area contributed by atoms with Gasteiger partial charge in [-0.3, -0.25) is 4.79 Å². The van der Waals surface area contributed by atoms with Crippen LogP contribution in [0, 0.1) is 13.8 Å². The van der Waals surface area contributed by atoms with E-state index in [2.05, 4.69) is 21.2 Å². The van der Waals surface area contributed by atoms with Crippen molar-refractivity contribution < 1.29 is 14.3 Å². The third kappa shape index (κ3) is 2.94. The molecule has 0 bridgehead atoms. The summed E-state index contributed by atoms with van der Waals surface area (Å²) in [4.78, 5) is 24.9. The minimum atomic E-state index is -0.443. The number of halogens is 1. The zero-order chi connectivity index (χ0) is 14.9. The zero-order valence-electron chi connectivity index (χ0n) is 11.1. The summed E-state index contributed by atoms with van der Waals surface area (Å²) >= 11 is 6.01. The van der Waals surface area contributed by atoms with Gasteiger partial charge in [-0.2, -0.15) is 0 Å². The van der Waals surface area contributed by atoms with Crippen molar-refractivity contribution in [1.82, 2.24) is 0 Å². The van der Waals surface area contributed by atoms with Gasteiger partial charge in [-0.25, -0.2) is 4.79 Å². The molecule has 0 atom stereocenters. The first-order valence-corrected chi connectivity index (χ1v) is 8.16. The van der Waals surface area contributed by atoms with Crippen molar-refractivity contribution in [2.24, 2.45) is 0 Å². The minimum Gasteiger partial charge on any atom is -0.465 e. The SMILES string of the molecule is COC(=O)c1scc(C)c1NC(=O)c1cc(C)c(Br)s1. The van der Waals surface area contributed by atoms with Crippen LogP contribution in [-0.2, 0) is 4.74 Å². The van der Waals surface area contributed by atoms with E-state index in [0.717, 1.165) is 14.9 Å². The first-order chi connectivity index (χ1) is 9.43. The Balaban J connectivity index is 2.28. The summed E-state index contributed by atoms with van der Waals surface area (Å²) in [6.45, 7) is 3.77. The summed E-state index contributed by atoms with van der Waals surface area (Å²) in [6.07, 6.45) is 0. The molecule has 0 spiro atoms. The van der Waals surface area contributed by atoms with E-state index in [4.69, 9.17) is 4.74 Å². The molecule has 2 aromatic rings. The number of nitrogens with one attached hydrogen (secondary N) is 1.